The van der Waals surface area contributed by atoms with Gasteiger partial charge < -0.3 is 19.7 Å². The molecule has 0 atom stereocenters. The smallest absolute Gasteiger partial charge is 0.359 e. The molecule has 3 heterocycles. The number of piperidine rings is 1. The fourth-order valence-corrected chi connectivity index (χ4v) is 5.45. The van der Waals surface area contributed by atoms with Crippen molar-refractivity contribution in [1.82, 2.24) is 9.47 Å². The normalized spacial score (nSPS) is 16.9. The second-order valence-electron chi connectivity index (χ2n) is 9.03. The first-order valence-electron chi connectivity index (χ1n) is 11.5. The van der Waals surface area contributed by atoms with Crippen molar-refractivity contribution in [2.75, 3.05) is 29.9 Å². The molecule has 1 spiro atoms. The van der Waals surface area contributed by atoms with Crippen LogP contribution < -0.4 is 10.2 Å². The zero-order valence-electron chi connectivity index (χ0n) is 19.2. The molecule has 0 bridgehead atoms. The van der Waals surface area contributed by atoms with Crippen molar-refractivity contribution in [3.05, 3.63) is 77.6 Å². The maximum atomic E-state index is 13.0. The third-order valence-corrected chi connectivity index (χ3v) is 7.06. The predicted octanol–water partition coefficient (Wildman–Crippen LogP) is 6.17. The molecular weight excluding hydrogens is 441 g/mol. The molecule has 0 radical (unpaired) electrons. The van der Waals surface area contributed by atoms with Crippen LogP contribution in [0.2, 0.25) is 0 Å². The Bertz CT molecular complexity index is 1220. The Balaban J connectivity index is 1.38. The Labute approximate surface area is 196 Å². The van der Waals surface area contributed by atoms with E-state index in [0.29, 0.717) is 13.1 Å². The molecular formula is C26H27F3N4O. The number of likely N-dealkylation sites (tertiary alicyclic amines) is 1. The van der Waals surface area contributed by atoms with Crippen molar-refractivity contribution in [2.45, 2.75) is 38.4 Å². The number of carbonyl (C=O) groups is 1. The summed E-state index contributed by atoms with van der Waals surface area (Å²) in [5, 5.41) is 2.65. The lowest BCUT2D eigenvalue weighted by Gasteiger charge is -2.53. The van der Waals surface area contributed by atoms with Crippen LogP contribution in [0.15, 0.2) is 60.8 Å². The fraction of sp³-hybridized carbons (Fsp3) is 0.346. The molecule has 0 saturated carbocycles. The summed E-state index contributed by atoms with van der Waals surface area (Å²) in [5.41, 5.74) is 3.87. The number of rotatable bonds is 2. The van der Waals surface area contributed by atoms with Gasteiger partial charge in [-0.25, -0.2) is 4.79 Å². The Hall–Kier alpha value is -3.42. The van der Waals surface area contributed by atoms with Crippen LogP contribution in [0.4, 0.5) is 29.3 Å². The molecule has 34 heavy (non-hydrogen) atoms. The molecule has 8 heteroatoms. The number of aromatic nitrogens is 1. The zero-order chi connectivity index (χ0) is 24.1. The largest absolute Gasteiger partial charge is 0.416 e. The molecule has 2 amide bonds. The average Bonchev–Trinajstić information content (AvgIpc) is 3.30. The predicted molar refractivity (Wildman–Crippen MR) is 126 cm³/mol. The van der Waals surface area contributed by atoms with Crippen LogP contribution in [0.3, 0.4) is 0 Å². The second kappa shape index (κ2) is 8.11. The van der Waals surface area contributed by atoms with Gasteiger partial charge in [0.15, 0.2) is 0 Å². The van der Waals surface area contributed by atoms with Crippen LogP contribution in [0, 0.1) is 6.92 Å². The summed E-state index contributed by atoms with van der Waals surface area (Å²) < 4.78 is 41.3. The molecule has 1 N–H and O–H groups in total. The van der Waals surface area contributed by atoms with Crippen LogP contribution >= 0.6 is 0 Å². The number of nitrogens with one attached hydrogen (secondary N) is 1. The molecule has 2 aromatic carbocycles. The van der Waals surface area contributed by atoms with E-state index in [0.717, 1.165) is 37.2 Å². The molecule has 3 aromatic rings. The van der Waals surface area contributed by atoms with Gasteiger partial charge in [-0.3, -0.25) is 0 Å². The van der Waals surface area contributed by atoms with E-state index in [1.165, 1.54) is 29.1 Å². The van der Waals surface area contributed by atoms with Gasteiger partial charge in [-0.15, -0.1) is 0 Å². The third kappa shape index (κ3) is 3.61. The highest BCUT2D eigenvalue weighted by atomic mass is 19.4. The van der Waals surface area contributed by atoms with Crippen molar-refractivity contribution in [3.63, 3.8) is 0 Å². The highest BCUT2D eigenvalue weighted by Crippen LogP contribution is 2.48. The van der Waals surface area contributed by atoms with E-state index in [9.17, 15) is 18.0 Å². The van der Waals surface area contributed by atoms with Gasteiger partial charge >= 0.3 is 12.2 Å². The Morgan fingerprint density at radius 2 is 1.79 bits per heavy atom. The third-order valence-electron chi connectivity index (χ3n) is 7.06. The highest BCUT2D eigenvalue weighted by Gasteiger charge is 2.47. The number of carbonyl (C=O) groups excluding carboxylic acids is 1. The molecule has 178 valence electrons. The van der Waals surface area contributed by atoms with Crippen molar-refractivity contribution < 1.29 is 18.0 Å². The van der Waals surface area contributed by atoms with Gasteiger partial charge in [-0.2, -0.15) is 13.2 Å². The number of anilines is 2. The van der Waals surface area contributed by atoms with Gasteiger partial charge in [0.2, 0.25) is 0 Å². The molecule has 5 rings (SSSR count). The standard InChI is InChI=1S/C26H27F3N4O/c1-3-33-22-16-18(2)9-10-21(22)32-13-5-8-23(32)25(33)11-14-31(15-12-25)24(34)30-20-7-4-6-19(17-20)26(27,28)29/h4-10,13,16-17H,3,11-12,14-15H2,1-2H3,(H,30,34). The average molecular weight is 469 g/mol. The molecule has 0 unspecified atom stereocenters. The summed E-state index contributed by atoms with van der Waals surface area (Å²) in [6.07, 6.45) is -0.903. The van der Waals surface area contributed by atoms with Crippen molar-refractivity contribution >= 4 is 17.4 Å². The number of nitrogens with zero attached hydrogens (tertiary/aromatic N) is 3. The van der Waals surface area contributed by atoms with E-state index in [4.69, 9.17) is 0 Å². The first-order chi connectivity index (χ1) is 16.2. The number of hydrogen-bond acceptors (Lipinski definition) is 2. The van der Waals surface area contributed by atoms with E-state index >= 15 is 0 Å². The topological polar surface area (TPSA) is 40.5 Å². The lowest BCUT2D eigenvalue weighted by Crippen LogP contribution is -2.57. The van der Waals surface area contributed by atoms with Crippen LogP contribution in [0.1, 0.15) is 36.6 Å². The first kappa shape index (κ1) is 22.4. The number of aryl methyl sites for hydroxylation is 1. The lowest BCUT2D eigenvalue weighted by atomic mass is 9.80. The van der Waals surface area contributed by atoms with Gasteiger partial charge in [-0.1, -0.05) is 12.1 Å². The Morgan fingerprint density at radius 3 is 2.50 bits per heavy atom. The molecule has 0 aliphatic carbocycles. The van der Waals surface area contributed by atoms with Crippen LogP contribution in [-0.2, 0) is 11.7 Å². The summed E-state index contributed by atoms with van der Waals surface area (Å²) in [5.74, 6) is 0. The van der Waals surface area contributed by atoms with E-state index < -0.39 is 11.7 Å². The van der Waals surface area contributed by atoms with Gasteiger partial charge in [0.25, 0.3) is 0 Å². The minimum atomic E-state index is -4.45. The monoisotopic (exact) mass is 468 g/mol. The van der Waals surface area contributed by atoms with Crippen LogP contribution in [0.5, 0.6) is 0 Å². The summed E-state index contributed by atoms with van der Waals surface area (Å²) >= 11 is 0. The summed E-state index contributed by atoms with van der Waals surface area (Å²) in [4.78, 5) is 17.0. The minimum absolute atomic E-state index is 0.145. The summed E-state index contributed by atoms with van der Waals surface area (Å²) in [6.45, 7) is 6.09. The van der Waals surface area contributed by atoms with E-state index in [1.54, 1.807) is 4.90 Å². The second-order valence-corrected chi connectivity index (χ2v) is 9.03. The SMILES string of the molecule is CCN1c2cc(C)ccc2-n2cccc2C12CCN(C(=O)Nc1cccc(C(F)(F)F)c1)CC2. The summed E-state index contributed by atoms with van der Waals surface area (Å²) in [6, 6.07) is 15.1. The van der Waals surface area contributed by atoms with Gasteiger partial charge in [0, 0.05) is 37.2 Å². The molecule has 5 nitrogen and oxygen atoms in total. The minimum Gasteiger partial charge on any atom is -0.359 e. The molecule has 1 fully saturated rings. The highest BCUT2D eigenvalue weighted by molar-refractivity contribution is 5.89. The quantitative estimate of drug-likeness (QED) is 0.489. The van der Waals surface area contributed by atoms with Crippen LogP contribution in [-0.4, -0.2) is 35.1 Å². The first-order valence-corrected chi connectivity index (χ1v) is 11.5. The number of halogens is 3. The summed E-state index contributed by atoms with van der Waals surface area (Å²) in [7, 11) is 0. The van der Waals surface area contributed by atoms with E-state index in [2.05, 4.69) is 65.2 Å². The molecule has 2 aliphatic rings. The Morgan fingerprint density at radius 1 is 1.03 bits per heavy atom. The number of alkyl halides is 3. The van der Waals surface area contributed by atoms with E-state index in [-0.39, 0.29) is 17.3 Å². The maximum Gasteiger partial charge on any atom is 0.416 e. The van der Waals surface area contributed by atoms with E-state index in [1.807, 2.05) is 0 Å². The van der Waals surface area contributed by atoms with Crippen LogP contribution in [0.25, 0.3) is 5.69 Å². The molecule has 2 aliphatic heterocycles. The number of amides is 2. The Kier molecular flexibility index (Phi) is 5.34. The fourth-order valence-electron chi connectivity index (χ4n) is 5.45. The number of fused-ring (bicyclic) bond motifs is 4. The number of hydrogen-bond donors (Lipinski definition) is 1. The van der Waals surface area contributed by atoms with Gasteiger partial charge in [0.05, 0.1) is 22.5 Å². The van der Waals surface area contributed by atoms with Crippen molar-refractivity contribution in [3.8, 4) is 5.69 Å². The number of benzene rings is 2. The van der Waals surface area contributed by atoms with Gasteiger partial charge in [0.1, 0.15) is 0 Å². The zero-order valence-corrected chi connectivity index (χ0v) is 19.2. The molecule has 1 saturated heterocycles. The number of urea groups is 1. The lowest BCUT2D eigenvalue weighted by molar-refractivity contribution is -0.137. The maximum absolute atomic E-state index is 13.0. The van der Waals surface area contributed by atoms with Crippen molar-refractivity contribution in [1.29, 1.82) is 0 Å². The van der Waals surface area contributed by atoms with Crippen molar-refractivity contribution in [2.24, 2.45) is 0 Å². The van der Waals surface area contributed by atoms with Gasteiger partial charge in [-0.05, 0) is 74.7 Å². The molecule has 1 aromatic heterocycles.